The lowest BCUT2D eigenvalue weighted by Gasteiger charge is -2.31. The average Bonchev–Trinajstić information content (AvgIpc) is 3.53. The Hall–Kier alpha value is -4.58. The first-order chi connectivity index (χ1) is 19.7. The minimum Gasteiger partial charge on any atom is -0.433 e. The van der Waals surface area contributed by atoms with E-state index in [9.17, 15) is 13.6 Å². The number of amides is 1. The predicted molar refractivity (Wildman–Crippen MR) is 156 cm³/mol. The van der Waals surface area contributed by atoms with Gasteiger partial charge >= 0.3 is 6.61 Å². The van der Waals surface area contributed by atoms with E-state index in [1.54, 1.807) is 24.5 Å². The van der Waals surface area contributed by atoms with Crippen LogP contribution in [0.2, 0.25) is 0 Å². The fraction of sp³-hybridized carbons (Fsp3) is 0.310. The first-order valence-electron chi connectivity index (χ1n) is 13.2. The third kappa shape index (κ3) is 6.12. The standard InChI is InChI=1S/C29H32F2N8O2/c1-5-26(40)34-21-14-22(25(41-28(30)31)15-24(21)39-13-7-8-18(39)16-37(2)3)36-29-33-12-10-20(35-29)19-17-38(4)23-9-6-11-32-27(19)23/h5-6,9-12,14-15,17-18,28H,1,7-8,13,16H2,2-4H3,(H,34,40)(H,33,35,36). The van der Waals surface area contributed by atoms with Gasteiger partial charge in [-0.3, -0.25) is 9.78 Å². The van der Waals surface area contributed by atoms with Crippen LogP contribution in [0.15, 0.2) is 61.6 Å². The second-order valence-electron chi connectivity index (χ2n) is 10.1. The van der Waals surface area contributed by atoms with Crippen LogP contribution in [-0.4, -0.2) is 70.2 Å². The summed E-state index contributed by atoms with van der Waals surface area (Å²) in [5.41, 5.74) is 4.30. The van der Waals surface area contributed by atoms with Gasteiger partial charge in [-0.05, 0) is 57.3 Å². The molecule has 2 N–H and O–H groups in total. The van der Waals surface area contributed by atoms with Crippen LogP contribution in [0.25, 0.3) is 22.3 Å². The summed E-state index contributed by atoms with van der Waals surface area (Å²) in [4.78, 5) is 30.0. The van der Waals surface area contributed by atoms with Crippen molar-refractivity contribution in [3.8, 4) is 17.0 Å². The molecule has 1 aliphatic rings. The Morgan fingerprint density at radius 3 is 2.83 bits per heavy atom. The SMILES string of the molecule is C=CC(=O)Nc1cc(Nc2nccc(-c3cn(C)c4cccnc34)n2)c(OC(F)F)cc1N1CCCC1CN(C)C. The molecule has 4 aromatic rings. The number of ether oxygens (including phenoxy) is 1. The number of pyridine rings is 1. The molecule has 12 heteroatoms. The van der Waals surface area contributed by atoms with Crippen molar-refractivity contribution in [2.75, 3.05) is 42.7 Å². The molecule has 1 aromatic carbocycles. The molecule has 214 valence electrons. The maximum Gasteiger partial charge on any atom is 0.387 e. The van der Waals surface area contributed by atoms with E-state index in [0.717, 1.165) is 42.1 Å². The van der Waals surface area contributed by atoms with Crippen molar-refractivity contribution in [3.05, 3.63) is 61.6 Å². The molecule has 1 amide bonds. The maximum absolute atomic E-state index is 13.6. The summed E-state index contributed by atoms with van der Waals surface area (Å²) in [6.45, 7) is 1.96. The molecule has 1 fully saturated rings. The van der Waals surface area contributed by atoms with Gasteiger partial charge in [-0.1, -0.05) is 6.58 Å². The Morgan fingerprint density at radius 1 is 1.24 bits per heavy atom. The van der Waals surface area contributed by atoms with E-state index < -0.39 is 12.5 Å². The Balaban J connectivity index is 1.56. The summed E-state index contributed by atoms with van der Waals surface area (Å²) in [6.07, 6.45) is 8.23. The molecule has 3 aromatic heterocycles. The zero-order chi connectivity index (χ0) is 29.1. The van der Waals surface area contributed by atoms with Crippen LogP contribution in [0.4, 0.5) is 31.8 Å². The van der Waals surface area contributed by atoms with Gasteiger partial charge in [0.2, 0.25) is 11.9 Å². The third-order valence-corrected chi connectivity index (χ3v) is 6.94. The number of hydrogen-bond acceptors (Lipinski definition) is 8. The van der Waals surface area contributed by atoms with E-state index in [0.29, 0.717) is 23.6 Å². The van der Waals surface area contributed by atoms with Gasteiger partial charge in [-0.15, -0.1) is 0 Å². The average molecular weight is 563 g/mol. The molecule has 41 heavy (non-hydrogen) atoms. The van der Waals surface area contributed by atoms with E-state index in [-0.39, 0.29) is 23.4 Å². The van der Waals surface area contributed by atoms with E-state index in [1.807, 2.05) is 44.0 Å². The zero-order valence-corrected chi connectivity index (χ0v) is 23.1. The van der Waals surface area contributed by atoms with Gasteiger partial charge in [-0.25, -0.2) is 9.97 Å². The van der Waals surface area contributed by atoms with Crippen molar-refractivity contribution in [1.29, 1.82) is 0 Å². The fourth-order valence-electron chi connectivity index (χ4n) is 5.24. The summed E-state index contributed by atoms with van der Waals surface area (Å²) >= 11 is 0. The highest BCUT2D eigenvalue weighted by Crippen LogP contribution is 2.41. The summed E-state index contributed by atoms with van der Waals surface area (Å²) < 4.78 is 34.1. The van der Waals surface area contributed by atoms with Crippen LogP contribution < -0.4 is 20.3 Å². The number of carbonyl (C=O) groups is 1. The van der Waals surface area contributed by atoms with Gasteiger partial charge < -0.3 is 29.7 Å². The van der Waals surface area contributed by atoms with Gasteiger partial charge in [0.15, 0.2) is 5.75 Å². The lowest BCUT2D eigenvalue weighted by molar-refractivity contribution is -0.111. The van der Waals surface area contributed by atoms with Crippen molar-refractivity contribution in [1.82, 2.24) is 24.4 Å². The maximum atomic E-state index is 13.6. The molecular weight excluding hydrogens is 530 g/mol. The number of halogens is 2. The first kappa shape index (κ1) is 28.0. The highest BCUT2D eigenvalue weighted by atomic mass is 19.3. The highest BCUT2D eigenvalue weighted by Gasteiger charge is 2.29. The van der Waals surface area contributed by atoms with Crippen LogP contribution in [0.5, 0.6) is 5.75 Å². The molecule has 0 bridgehead atoms. The number of fused-ring (bicyclic) bond motifs is 1. The van der Waals surface area contributed by atoms with Crippen LogP contribution in [0.1, 0.15) is 12.8 Å². The summed E-state index contributed by atoms with van der Waals surface area (Å²) in [5, 5.41) is 5.85. The number of benzene rings is 1. The lowest BCUT2D eigenvalue weighted by atomic mass is 10.1. The van der Waals surface area contributed by atoms with Crippen molar-refractivity contribution < 1.29 is 18.3 Å². The van der Waals surface area contributed by atoms with Gasteiger partial charge in [0.1, 0.15) is 0 Å². The quantitative estimate of drug-likeness (QED) is 0.260. The fourth-order valence-corrected chi connectivity index (χ4v) is 5.24. The number of aryl methyl sites for hydroxylation is 1. The van der Waals surface area contributed by atoms with Gasteiger partial charge in [0, 0.05) is 56.4 Å². The third-order valence-electron chi connectivity index (χ3n) is 6.94. The number of nitrogens with one attached hydrogen (secondary N) is 2. The number of anilines is 4. The molecule has 0 aliphatic carbocycles. The van der Waals surface area contributed by atoms with Gasteiger partial charge in [0.05, 0.1) is 33.8 Å². The largest absolute Gasteiger partial charge is 0.433 e. The smallest absolute Gasteiger partial charge is 0.387 e. The number of alkyl halides is 2. The number of carbonyl (C=O) groups excluding carboxylic acids is 1. The minimum atomic E-state index is -3.07. The highest BCUT2D eigenvalue weighted by molar-refractivity contribution is 6.02. The Bertz CT molecular complexity index is 1570. The van der Waals surface area contributed by atoms with Gasteiger partial charge in [0.25, 0.3) is 0 Å². The molecule has 10 nitrogen and oxygen atoms in total. The number of aromatic nitrogens is 4. The molecule has 1 saturated heterocycles. The zero-order valence-electron chi connectivity index (χ0n) is 23.1. The summed E-state index contributed by atoms with van der Waals surface area (Å²) in [5.74, 6) is -0.359. The molecule has 1 unspecified atom stereocenters. The van der Waals surface area contributed by atoms with E-state index in [4.69, 9.17) is 4.74 Å². The number of nitrogens with zero attached hydrogens (tertiary/aromatic N) is 6. The van der Waals surface area contributed by atoms with Crippen LogP contribution in [0, 0.1) is 0 Å². The summed E-state index contributed by atoms with van der Waals surface area (Å²) in [7, 11) is 5.89. The molecule has 1 atom stereocenters. The first-order valence-corrected chi connectivity index (χ1v) is 13.2. The van der Waals surface area contributed by atoms with Crippen LogP contribution in [0.3, 0.4) is 0 Å². The van der Waals surface area contributed by atoms with Crippen molar-refractivity contribution in [2.24, 2.45) is 7.05 Å². The van der Waals surface area contributed by atoms with Crippen molar-refractivity contribution in [3.63, 3.8) is 0 Å². The molecule has 0 radical (unpaired) electrons. The normalized spacial score (nSPS) is 15.1. The second kappa shape index (κ2) is 11.9. The van der Waals surface area contributed by atoms with Crippen LogP contribution >= 0.6 is 0 Å². The monoisotopic (exact) mass is 562 g/mol. The Morgan fingerprint density at radius 2 is 2.07 bits per heavy atom. The molecular formula is C29H32F2N8O2. The molecule has 0 spiro atoms. The molecule has 4 heterocycles. The van der Waals surface area contributed by atoms with Gasteiger partial charge in [-0.2, -0.15) is 8.78 Å². The van der Waals surface area contributed by atoms with Crippen molar-refractivity contribution in [2.45, 2.75) is 25.5 Å². The lowest BCUT2D eigenvalue weighted by Crippen LogP contribution is -2.38. The summed E-state index contributed by atoms with van der Waals surface area (Å²) in [6, 6.07) is 8.80. The van der Waals surface area contributed by atoms with Crippen molar-refractivity contribution >= 4 is 40.0 Å². The minimum absolute atomic E-state index is 0.0945. The molecule has 0 saturated carbocycles. The Labute approximate surface area is 236 Å². The van der Waals surface area contributed by atoms with E-state index in [1.165, 1.54) is 6.07 Å². The predicted octanol–water partition coefficient (Wildman–Crippen LogP) is 5.03. The number of likely N-dealkylation sites (N-methyl/N-ethyl adjacent to an activating group) is 1. The topological polar surface area (TPSA) is 100 Å². The molecule has 5 rings (SSSR count). The number of rotatable bonds is 10. The van der Waals surface area contributed by atoms with E-state index >= 15 is 0 Å². The number of hydrogen-bond donors (Lipinski definition) is 2. The molecule has 1 aliphatic heterocycles. The van der Waals surface area contributed by atoms with E-state index in [2.05, 4.69) is 42.0 Å². The Kier molecular flexibility index (Phi) is 8.11. The van der Waals surface area contributed by atoms with Crippen LogP contribution in [-0.2, 0) is 11.8 Å². The second-order valence-corrected chi connectivity index (χ2v) is 10.1.